The fourth-order valence-corrected chi connectivity index (χ4v) is 1.90. The van der Waals surface area contributed by atoms with Crippen molar-refractivity contribution in [2.24, 2.45) is 0 Å². The molecule has 0 bridgehead atoms. The normalized spacial score (nSPS) is 10.9. The maximum Gasteiger partial charge on any atom is 0.276 e. The van der Waals surface area contributed by atoms with Crippen molar-refractivity contribution >= 4 is 21.9 Å². The van der Waals surface area contributed by atoms with Crippen LogP contribution < -0.4 is 10.3 Å². The van der Waals surface area contributed by atoms with E-state index in [1.54, 1.807) is 19.4 Å². The average molecular weight is 227 g/mol. The van der Waals surface area contributed by atoms with Gasteiger partial charge in [-0.05, 0) is 6.07 Å². The van der Waals surface area contributed by atoms with Gasteiger partial charge in [-0.3, -0.25) is 9.78 Å². The number of pyridine rings is 1. The van der Waals surface area contributed by atoms with Crippen molar-refractivity contribution in [2.75, 3.05) is 7.11 Å². The van der Waals surface area contributed by atoms with E-state index in [1.165, 1.54) is 6.20 Å². The van der Waals surface area contributed by atoms with E-state index < -0.39 is 0 Å². The number of methoxy groups -OCH3 is 1. The highest BCUT2D eigenvalue weighted by atomic mass is 16.5. The smallest absolute Gasteiger partial charge is 0.276 e. The molecule has 0 fully saturated rings. The number of para-hydroxylation sites is 1. The summed E-state index contributed by atoms with van der Waals surface area (Å²) < 4.78 is 5.21. The first kappa shape index (κ1) is 9.77. The van der Waals surface area contributed by atoms with E-state index in [-0.39, 0.29) is 5.56 Å². The lowest BCUT2D eigenvalue weighted by Gasteiger charge is -2.06. The summed E-state index contributed by atoms with van der Waals surface area (Å²) in [5.74, 6) is 0.618. The first-order valence-corrected chi connectivity index (χ1v) is 5.11. The fraction of sp³-hybridized carbons (Fsp3) is 0.0833. The minimum Gasteiger partial charge on any atom is -0.495 e. The molecule has 1 N–H and O–H groups in total. The Morgan fingerprint density at radius 2 is 1.94 bits per heavy atom. The molecular formula is C12H9N3O2. The molecule has 0 aliphatic rings. The molecular weight excluding hydrogens is 218 g/mol. The number of nitrogens with one attached hydrogen (secondary N) is 1. The van der Waals surface area contributed by atoms with E-state index >= 15 is 0 Å². The highest BCUT2D eigenvalue weighted by molar-refractivity contribution is 6.03. The Kier molecular flexibility index (Phi) is 2.04. The topological polar surface area (TPSA) is 67.9 Å². The van der Waals surface area contributed by atoms with Crippen LogP contribution in [0.3, 0.4) is 0 Å². The molecule has 0 aliphatic heterocycles. The number of hydrogen-bond acceptors (Lipinski definition) is 4. The van der Waals surface area contributed by atoms with Crippen LogP contribution in [0, 0.1) is 0 Å². The van der Waals surface area contributed by atoms with Gasteiger partial charge in [-0.15, -0.1) is 0 Å². The van der Waals surface area contributed by atoms with Crippen LogP contribution >= 0.6 is 0 Å². The third-order valence-corrected chi connectivity index (χ3v) is 2.65. The van der Waals surface area contributed by atoms with Crippen LogP contribution in [0.15, 0.2) is 35.4 Å². The van der Waals surface area contributed by atoms with E-state index in [4.69, 9.17) is 4.74 Å². The van der Waals surface area contributed by atoms with Gasteiger partial charge in [0.05, 0.1) is 12.6 Å². The Balaban J connectivity index is 2.62. The Hall–Kier alpha value is -2.43. The van der Waals surface area contributed by atoms with Crippen molar-refractivity contribution in [3.05, 3.63) is 40.9 Å². The van der Waals surface area contributed by atoms with E-state index in [2.05, 4.69) is 15.0 Å². The monoisotopic (exact) mass is 227 g/mol. The molecule has 0 saturated heterocycles. The standard InChI is InChI=1S/C12H9N3O2/c1-17-8-4-2-3-7-9(8)15-12(16)11-10(7)13-5-6-14-11/h2-6H,1H3,(H,15,16). The molecule has 0 aliphatic carbocycles. The highest BCUT2D eigenvalue weighted by Gasteiger charge is 2.09. The molecule has 0 unspecified atom stereocenters. The van der Waals surface area contributed by atoms with Gasteiger partial charge in [0.25, 0.3) is 5.56 Å². The second kappa shape index (κ2) is 3.55. The van der Waals surface area contributed by atoms with Crippen LogP contribution in [0.2, 0.25) is 0 Å². The van der Waals surface area contributed by atoms with Gasteiger partial charge >= 0.3 is 0 Å². The van der Waals surface area contributed by atoms with Gasteiger partial charge in [0.1, 0.15) is 11.3 Å². The summed E-state index contributed by atoms with van der Waals surface area (Å²) in [6, 6.07) is 5.53. The van der Waals surface area contributed by atoms with Gasteiger partial charge in [0.2, 0.25) is 0 Å². The maximum atomic E-state index is 11.8. The highest BCUT2D eigenvalue weighted by Crippen LogP contribution is 2.25. The first-order chi connectivity index (χ1) is 8.31. The van der Waals surface area contributed by atoms with Crippen LogP contribution in [-0.4, -0.2) is 22.1 Å². The Morgan fingerprint density at radius 3 is 2.71 bits per heavy atom. The minimum absolute atomic E-state index is 0.259. The third-order valence-electron chi connectivity index (χ3n) is 2.65. The SMILES string of the molecule is COc1cccc2c1[nH]c(=O)c1nccnc12. The predicted molar refractivity (Wildman–Crippen MR) is 64.2 cm³/mol. The molecule has 3 rings (SSSR count). The molecule has 17 heavy (non-hydrogen) atoms. The Bertz CT molecular complexity index is 764. The van der Waals surface area contributed by atoms with Crippen LogP contribution in [0.4, 0.5) is 0 Å². The number of fused-ring (bicyclic) bond motifs is 3. The van der Waals surface area contributed by atoms with Crippen LogP contribution in [0.25, 0.3) is 21.9 Å². The molecule has 84 valence electrons. The van der Waals surface area contributed by atoms with Gasteiger partial charge in [0.15, 0.2) is 5.52 Å². The van der Waals surface area contributed by atoms with E-state index in [9.17, 15) is 4.79 Å². The number of hydrogen-bond donors (Lipinski definition) is 1. The third kappa shape index (κ3) is 1.36. The number of rotatable bonds is 1. The van der Waals surface area contributed by atoms with Crippen LogP contribution in [-0.2, 0) is 0 Å². The molecule has 0 saturated carbocycles. The van der Waals surface area contributed by atoms with E-state index in [0.717, 1.165) is 5.39 Å². The quantitative estimate of drug-likeness (QED) is 0.639. The number of H-pyrrole nitrogens is 1. The summed E-state index contributed by atoms with van der Waals surface area (Å²) in [5, 5.41) is 0.826. The molecule has 0 spiro atoms. The van der Waals surface area contributed by atoms with Crippen molar-refractivity contribution < 1.29 is 4.74 Å². The Labute approximate surface area is 96.1 Å². The zero-order valence-electron chi connectivity index (χ0n) is 9.10. The summed E-state index contributed by atoms with van der Waals surface area (Å²) in [6.45, 7) is 0. The maximum absolute atomic E-state index is 11.8. The second-order valence-corrected chi connectivity index (χ2v) is 3.59. The number of aromatic nitrogens is 3. The van der Waals surface area contributed by atoms with Crippen LogP contribution in [0.5, 0.6) is 5.75 Å². The van der Waals surface area contributed by atoms with Crippen molar-refractivity contribution in [3.63, 3.8) is 0 Å². The van der Waals surface area contributed by atoms with Gasteiger partial charge in [0, 0.05) is 17.8 Å². The van der Waals surface area contributed by atoms with Crippen molar-refractivity contribution in [3.8, 4) is 5.75 Å². The lowest BCUT2D eigenvalue weighted by molar-refractivity contribution is 0.419. The fourth-order valence-electron chi connectivity index (χ4n) is 1.90. The van der Waals surface area contributed by atoms with Gasteiger partial charge < -0.3 is 9.72 Å². The molecule has 0 atom stereocenters. The lowest BCUT2D eigenvalue weighted by Crippen LogP contribution is -2.09. The molecule has 2 aromatic heterocycles. The molecule has 5 heteroatoms. The molecule has 1 aromatic carbocycles. The lowest BCUT2D eigenvalue weighted by atomic mass is 10.1. The number of benzene rings is 1. The van der Waals surface area contributed by atoms with E-state index in [1.807, 2.05) is 12.1 Å². The summed E-state index contributed by atoms with van der Waals surface area (Å²) in [7, 11) is 1.56. The van der Waals surface area contributed by atoms with Crippen LogP contribution in [0.1, 0.15) is 0 Å². The zero-order valence-corrected chi connectivity index (χ0v) is 9.10. The summed E-state index contributed by atoms with van der Waals surface area (Å²) in [4.78, 5) is 22.9. The average Bonchev–Trinajstić information content (AvgIpc) is 2.39. The van der Waals surface area contributed by atoms with E-state index in [0.29, 0.717) is 22.3 Å². The number of aromatic amines is 1. The second-order valence-electron chi connectivity index (χ2n) is 3.59. The molecule has 2 heterocycles. The molecule has 0 radical (unpaired) electrons. The summed E-state index contributed by atoms with van der Waals surface area (Å²) in [6.07, 6.45) is 3.07. The van der Waals surface area contributed by atoms with Crippen molar-refractivity contribution in [1.29, 1.82) is 0 Å². The van der Waals surface area contributed by atoms with Gasteiger partial charge in [-0.25, -0.2) is 4.98 Å². The first-order valence-electron chi connectivity index (χ1n) is 5.11. The summed E-state index contributed by atoms with van der Waals surface area (Å²) >= 11 is 0. The largest absolute Gasteiger partial charge is 0.495 e. The molecule has 5 nitrogen and oxygen atoms in total. The van der Waals surface area contributed by atoms with Gasteiger partial charge in [-0.1, -0.05) is 12.1 Å². The Morgan fingerprint density at radius 1 is 1.18 bits per heavy atom. The molecule has 3 aromatic rings. The van der Waals surface area contributed by atoms with Gasteiger partial charge in [-0.2, -0.15) is 0 Å². The van der Waals surface area contributed by atoms with Crippen molar-refractivity contribution in [1.82, 2.24) is 15.0 Å². The minimum atomic E-state index is -0.259. The van der Waals surface area contributed by atoms with Crippen molar-refractivity contribution in [2.45, 2.75) is 0 Å². The summed E-state index contributed by atoms with van der Waals surface area (Å²) in [5.41, 5.74) is 1.32. The number of ether oxygens (including phenoxy) is 1. The zero-order chi connectivity index (χ0) is 11.8. The number of nitrogens with zero attached hydrogens (tertiary/aromatic N) is 2. The predicted octanol–water partition coefficient (Wildman–Crippen LogP) is 1.48. The molecule has 0 amide bonds.